The minimum Gasteiger partial charge on any atom is -0.507 e. The standard InChI is InChI=1S/C28H36O2/c1-18(2)20-8-11-23-21(16-20)9-12-26-27(4,13-6-14-28(23,26)5)17-25(30)22-10-7-19(3)15-24(22)29/h7-8,10-11,15-16,18,26,29H,6,9,12-14,17H2,1-5H3/t26-,27-,28+/m0/s1. The van der Waals surface area contributed by atoms with E-state index in [4.69, 9.17) is 0 Å². The van der Waals surface area contributed by atoms with Gasteiger partial charge in [-0.1, -0.05) is 58.4 Å². The molecule has 160 valence electrons. The molecule has 0 aliphatic heterocycles. The molecule has 30 heavy (non-hydrogen) atoms. The van der Waals surface area contributed by atoms with Crippen LogP contribution < -0.4 is 0 Å². The molecule has 3 atom stereocenters. The van der Waals surface area contributed by atoms with Gasteiger partial charge < -0.3 is 5.11 Å². The van der Waals surface area contributed by atoms with Crippen LogP contribution in [0.25, 0.3) is 0 Å². The summed E-state index contributed by atoms with van der Waals surface area (Å²) in [4.78, 5) is 13.2. The smallest absolute Gasteiger partial charge is 0.167 e. The Labute approximate surface area is 181 Å². The Morgan fingerprint density at radius 2 is 1.90 bits per heavy atom. The number of aromatic hydroxyl groups is 1. The van der Waals surface area contributed by atoms with Gasteiger partial charge in [0, 0.05) is 6.42 Å². The van der Waals surface area contributed by atoms with E-state index >= 15 is 0 Å². The molecule has 0 radical (unpaired) electrons. The van der Waals surface area contributed by atoms with Gasteiger partial charge in [-0.25, -0.2) is 0 Å². The summed E-state index contributed by atoms with van der Waals surface area (Å²) in [6, 6.07) is 12.5. The SMILES string of the molecule is Cc1ccc(C(=O)C[C@]2(C)CCC[C@]3(C)c4ccc(C(C)C)cc4CC[C@@H]23)c(O)c1. The normalized spacial score (nSPS) is 28.1. The fraction of sp³-hybridized carbons (Fsp3) is 0.536. The summed E-state index contributed by atoms with van der Waals surface area (Å²) in [5, 5.41) is 10.3. The summed E-state index contributed by atoms with van der Waals surface area (Å²) in [7, 11) is 0. The van der Waals surface area contributed by atoms with E-state index in [9.17, 15) is 9.90 Å². The van der Waals surface area contributed by atoms with Crippen LogP contribution in [-0.4, -0.2) is 10.9 Å². The highest BCUT2D eigenvalue weighted by atomic mass is 16.3. The zero-order valence-corrected chi connectivity index (χ0v) is 19.2. The number of phenols is 1. The average molecular weight is 405 g/mol. The predicted octanol–water partition coefficient (Wildman–Crippen LogP) is 7.11. The number of rotatable bonds is 4. The monoisotopic (exact) mass is 404 g/mol. The molecule has 0 spiro atoms. The molecule has 1 fully saturated rings. The van der Waals surface area contributed by atoms with Gasteiger partial charge in [-0.3, -0.25) is 4.79 Å². The lowest BCUT2D eigenvalue weighted by molar-refractivity contribution is 0.0198. The number of hydrogen-bond donors (Lipinski definition) is 1. The number of Topliss-reactive ketones (excluding diaryl/α,β-unsaturated/α-hetero) is 1. The van der Waals surface area contributed by atoms with Crippen molar-refractivity contribution in [2.45, 2.75) is 84.5 Å². The third-order valence-electron chi connectivity index (χ3n) is 8.19. The summed E-state index contributed by atoms with van der Waals surface area (Å²) >= 11 is 0. The molecule has 0 amide bonds. The van der Waals surface area contributed by atoms with Crippen LogP contribution in [0, 0.1) is 18.3 Å². The lowest BCUT2D eigenvalue weighted by atomic mass is 9.49. The average Bonchev–Trinajstić information content (AvgIpc) is 2.67. The summed E-state index contributed by atoms with van der Waals surface area (Å²) in [5.74, 6) is 1.25. The zero-order valence-electron chi connectivity index (χ0n) is 19.2. The van der Waals surface area contributed by atoms with Crippen LogP contribution in [0.2, 0.25) is 0 Å². The van der Waals surface area contributed by atoms with Gasteiger partial charge in [0.1, 0.15) is 5.75 Å². The summed E-state index contributed by atoms with van der Waals surface area (Å²) < 4.78 is 0. The first-order valence-electron chi connectivity index (χ1n) is 11.6. The molecule has 0 saturated heterocycles. The first kappa shape index (κ1) is 21.2. The number of fused-ring (bicyclic) bond motifs is 3. The van der Waals surface area contributed by atoms with Gasteiger partial charge in [-0.15, -0.1) is 0 Å². The van der Waals surface area contributed by atoms with Crippen molar-refractivity contribution < 1.29 is 9.90 Å². The maximum absolute atomic E-state index is 13.2. The number of benzene rings is 2. The van der Waals surface area contributed by atoms with Crippen LogP contribution in [0.5, 0.6) is 5.75 Å². The van der Waals surface area contributed by atoms with Crippen LogP contribution in [0.1, 0.15) is 98.3 Å². The van der Waals surface area contributed by atoms with E-state index in [1.807, 2.05) is 13.0 Å². The molecule has 2 aromatic carbocycles. The first-order valence-corrected chi connectivity index (χ1v) is 11.6. The predicted molar refractivity (Wildman–Crippen MR) is 123 cm³/mol. The van der Waals surface area contributed by atoms with Crippen molar-refractivity contribution in [2.75, 3.05) is 0 Å². The van der Waals surface area contributed by atoms with Crippen molar-refractivity contribution in [1.82, 2.24) is 0 Å². The summed E-state index contributed by atoms with van der Waals surface area (Å²) in [6.45, 7) is 11.2. The highest BCUT2D eigenvalue weighted by Crippen LogP contribution is 2.58. The summed E-state index contributed by atoms with van der Waals surface area (Å²) in [6.07, 6.45) is 6.21. The van der Waals surface area contributed by atoms with E-state index in [1.54, 1.807) is 12.1 Å². The van der Waals surface area contributed by atoms with Crippen molar-refractivity contribution in [3.8, 4) is 5.75 Å². The van der Waals surface area contributed by atoms with Gasteiger partial charge in [0.25, 0.3) is 0 Å². The van der Waals surface area contributed by atoms with Crippen molar-refractivity contribution in [3.05, 3.63) is 64.2 Å². The van der Waals surface area contributed by atoms with E-state index < -0.39 is 0 Å². The van der Waals surface area contributed by atoms with E-state index in [0.29, 0.717) is 23.8 Å². The van der Waals surface area contributed by atoms with Gasteiger partial charge in [0.15, 0.2) is 5.78 Å². The number of aryl methyl sites for hydroxylation is 2. The Kier molecular flexibility index (Phi) is 5.33. The highest BCUT2D eigenvalue weighted by Gasteiger charge is 2.52. The molecule has 1 saturated carbocycles. The molecule has 0 unspecified atom stereocenters. The molecule has 2 nitrogen and oxygen atoms in total. The summed E-state index contributed by atoms with van der Waals surface area (Å²) in [5.41, 5.74) is 6.02. The third-order valence-corrected chi connectivity index (χ3v) is 8.19. The molecule has 0 bridgehead atoms. The molecule has 2 aliphatic rings. The second-order valence-corrected chi connectivity index (χ2v) is 10.7. The van der Waals surface area contributed by atoms with E-state index in [-0.39, 0.29) is 22.4 Å². The van der Waals surface area contributed by atoms with Gasteiger partial charge >= 0.3 is 0 Å². The largest absolute Gasteiger partial charge is 0.507 e. The lowest BCUT2D eigenvalue weighted by Gasteiger charge is -2.55. The van der Waals surface area contributed by atoms with Crippen molar-refractivity contribution in [1.29, 1.82) is 0 Å². The van der Waals surface area contributed by atoms with Crippen LogP contribution in [0.3, 0.4) is 0 Å². The number of carbonyl (C=O) groups is 1. The third kappa shape index (κ3) is 3.49. The van der Waals surface area contributed by atoms with E-state index in [1.165, 1.54) is 23.1 Å². The minimum absolute atomic E-state index is 0.0319. The lowest BCUT2D eigenvalue weighted by Crippen LogP contribution is -2.49. The second kappa shape index (κ2) is 7.55. The van der Waals surface area contributed by atoms with Crippen LogP contribution in [0.4, 0.5) is 0 Å². The molecule has 0 aromatic heterocycles. The Morgan fingerprint density at radius 3 is 2.60 bits per heavy atom. The molecular weight excluding hydrogens is 368 g/mol. The number of carbonyl (C=O) groups excluding carboxylic acids is 1. The molecule has 1 N–H and O–H groups in total. The number of ketones is 1. The van der Waals surface area contributed by atoms with Crippen LogP contribution in [0.15, 0.2) is 36.4 Å². The molecule has 4 rings (SSSR count). The topological polar surface area (TPSA) is 37.3 Å². The Balaban J connectivity index is 1.65. The fourth-order valence-electron chi connectivity index (χ4n) is 6.55. The van der Waals surface area contributed by atoms with Crippen LogP contribution >= 0.6 is 0 Å². The number of hydrogen-bond acceptors (Lipinski definition) is 2. The van der Waals surface area contributed by atoms with Gasteiger partial charge in [0.05, 0.1) is 5.56 Å². The van der Waals surface area contributed by atoms with Crippen LogP contribution in [-0.2, 0) is 11.8 Å². The minimum atomic E-state index is -0.0319. The van der Waals surface area contributed by atoms with Gasteiger partial charge in [-0.05, 0) is 89.7 Å². The van der Waals surface area contributed by atoms with Gasteiger partial charge in [0.2, 0.25) is 0 Å². The molecule has 0 heterocycles. The number of phenolic OH excluding ortho intramolecular Hbond substituents is 1. The van der Waals surface area contributed by atoms with Crippen molar-refractivity contribution in [3.63, 3.8) is 0 Å². The Morgan fingerprint density at radius 1 is 1.13 bits per heavy atom. The van der Waals surface area contributed by atoms with E-state index in [2.05, 4.69) is 45.9 Å². The Bertz CT molecular complexity index is 973. The molecule has 2 aromatic rings. The molecular formula is C28H36O2. The zero-order chi connectivity index (χ0) is 21.7. The molecule has 2 heteroatoms. The second-order valence-electron chi connectivity index (χ2n) is 10.7. The van der Waals surface area contributed by atoms with Crippen molar-refractivity contribution >= 4 is 5.78 Å². The maximum atomic E-state index is 13.2. The quantitative estimate of drug-likeness (QED) is 0.551. The highest BCUT2D eigenvalue weighted by molar-refractivity contribution is 5.99. The maximum Gasteiger partial charge on any atom is 0.167 e. The molecule has 2 aliphatic carbocycles. The fourth-order valence-corrected chi connectivity index (χ4v) is 6.55. The van der Waals surface area contributed by atoms with Crippen molar-refractivity contribution in [2.24, 2.45) is 11.3 Å². The first-order chi connectivity index (χ1) is 14.1. The Hall–Kier alpha value is -2.09. The van der Waals surface area contributed by atoms with E-state index in [0.717, 1.165) is 31.2 Å². The van der Waals surface area contributed by atoms with Gasteiger partial charge in [-0.2, -0.15) is 0 Å².